The van der Waals surface area contributed by atoms with E-state index in [4.69, 9.17) is 9.47 Å². The third-order valence-electron chi connectivity index (χ3n) is 4.32. The molecule has 6 heteroatoms. The van der Waals surface area contributed by atoms with Crippen LogP contribution in [0.25, 0.3) is 0 Å². The number of benzene rings is 2. The number of carbonyl (C=O) groups excluding carboxylic acids is 1. The van der Waals surface area contributed by atoms with Gasteiger partial charge in [0.15, 0.2) is 11.6 Å². The van der Waals surface area contributed by atoms with Crippen molar-refractivity contribution >= 4 is 5.91 Å². The minimum Gasteiger partial charge on any atom is -0.454 e. The van der Waals surface area contributed by atoms with E-state index in [0.717, 1.165) is 38.0 Å². The van der Waals surface area contributed by atoms with Gasteiger partial charge >= 0.3 is 0 Å². The molecule has 1 aliphatic rings. The molecule has 26 heavy (non-hydrogen) atoms. The smallest absolute Gasteiger partial charge is 0.253 e. The van der Waals surface area contributed by atoms with Crippen LogP contribution >= 0.6 is 0 Å². The lowest BCUT2D eigenvalue weighted by molar-refractivity contribution is -0.000188. The highest BCUT2D eigenvalue weighted by atomic mass is 19.1. The van der Waals surface area contributed by atoms with Crippen molar-refractivity contribution < 1.29 is 23.0 Å². The Labute approximate surface area is 151 Å². The minimum absolute atomic E-state index is 0.0722. The van der Waals surface area contributed by atoms with Crippen molar-refractivity contribution in [1.29, 1.82) is 0 Å². The fourth-order valence-electron chi connectivity index (χ4n) is 2.91. The van der Waals surface area contributed by atoms with E-state index in [9.17, 15) is 13.6 Å². The molecule has 1 atom stereocenters. The highest BCUT2D eigenvalue weighted by molar-refractivity contribution is 5.94. The summed E-state index contributed by atoms with van der Waals surface area (Å²) < 4.78 is 37.6. The zero-order valence-electron chi connectivity index (χ0n) is 14.6. The Morgan fingerprint density at radius 3 is 2.62 bits per heavy atom. The summed E-state index contributed by atoms with van der Waals surface area (Å²) >= 11 is 0. The van der Waals surface area contributed by atoms with Crippen LogP contribution in [0.15, 0.2) is 42.5 Å². The minimum atomic E-state index is -0.780. The third-order valence-corrected chi connectivity index (χ3v) is 4.32. The largest absolute Gasteiger partial charge is 0.454 e. The average molecular weight is 361 g/mol. The predicted molar refractivity (Wildman–Crippen MR) is 93.4 cm³/mol. The van der Waals surface area contributed by atoms with Crippen LogP contribution in [0.2, 0.25) is 0 Å². The van der Waals surface area contributed by atoms with Gasteiger partial charge in [-0.3, -0.25) is 4.79 Å². The van der Waals surface area contributed by atoms with E-state index in [2.05, 4.69) is 0 Å². The maximum atomic E-state index is 13.6. The molecule has 0 aliphatic carbocycles. The maximum absolute atomic E-state index is 13.6. The van der Waals surface area contributed by atoms with Crippen molar-refractivity contribution in [3.05, 3.63) is 59.7 Å². The molecular formula is C20H21F2NO3. The van der Waals surface area contributed by atoms with Gasteiger partial charge in [0.05, 0.1) is 6.10 Å². The van der Waals surface area contributed by atoms with Crippen LogP contribution < -0.4 is 4.74 Å². The van der Waals surface area contributed by atoms with Crippen LogP contribution in [0.3, 0.4) is 0 Å². The third kappa shape index (κ3) is 4.58. The van der Waals surface area contributed by atoms with Gasteiger partial charge in [-0.2, -0.15) is 0 Å². The highest BCUT2D eigenvalue weighted by Crippen LogP contribution is 2.25. The molecule has 1 heterocycles. The molecule has 2 aromatic carbocycles. The van der Waals surface area contributed by atoms with Crippen LogP contribution in [0.4, 0.5) is 8.78 Å². The number of ether oxygens (including phenoxy) is 2. The molecule has 0 radical (unpaired) electrons. The lowest BCUT2D eigenvalue weighted by atomic mass is 10.1. The van der Waals surface area contributed by atoms with Gasteiger partial charge in [-0.15, -0.1) is 0 Å². The van der Waals surface area contributed by atoms with Gasteiger partial charge in [-0.25, -0.2) is 8.78 Å². The van der Waals surface area contributed by atoms with Crippen molar-refractivity contribution in [3.8, 4) is 11.5 Å². The molecule has 1 aliphatic heterocycles. The van der Waals surface area contributed by atoms with E-state index < -0.39 is 11.6 Å². The first kappa shape index (κ1) is 18.3. The number of carbonyl (C=O) groups is 1. The van der Waals surface area contributed by atoms with E-state index in [1.54, 1.807) is 36.2 Å². The van der Waals surface area contributed by atoms with E-state index >= 15 is 0 Å². The number of likely N-dealkylation sites (N-methyl/N-ethyl adjacent to an activating group) is 1. The predicted octanol–water partition coefficient (Wildman–Crippen LogP) is 4.40. The average Bonchev–Trinajstić information content (AvgIpc) is 2.65. The summed E-state index contributed by atoms with van der Waals surface area (Å²) in [7, 11) is 1.75. The van der Waals surface area contributed by atoms with Crippen LogP contribution in [-0.4, -0.2) is 37.1 Å². The normalized spacial score (nSPS) is 17.0. The monoisotopic (exact) mass is 361 g/mol. The van der Waals surface area contributed by atoms with E-state index in [1.165, 1.54) is 6.07 Å². The molecule has 3 rings (SSSR count). The number of hydrogen-bond donors (Lipinski definition) is 0. The first-order chi connectivity index (χ1) is 12.5. The van der Waals surface area contributed by atoms with E-state index in [-0.39, 0.29) is 17.8 Å². The summed E-state index contributed by atoms with van der Waals surface area (Å²) in [6, 6.07) is 9.52. The van der Waals surface area contributed by atoms with Gasteiger partial charge < -0.3 is 14.4 Å². The lowest BCUT2D eigenvalue weighted by Crippen LogP contribution is -2.37. The van der Waals surface area contributed by atoms with Crippen LogP contribution in [0.5, 0.6) is 11.5 Å². The second-order valence-electron chi connectivity index (χ2n) is 6.38. The van der Waals surface area contributed by atoms with Gasteiger partial charge in [-0.1, -0.05) is 0 Å². The van der Waals surface area contributed by atoms with Crippen molar-refractivity contribution in [2.45, 2.75) is 25.4 Å². The topological polar surface area (TPSA) is 38.8 Å². The van der Waals surface area contributed by atoms with Gasteiger partial charge in [0.1, 0.15) is 11.6 Å². The maximum Gasteiger partial charge on any atom is 0.253 e. The zero-order chi connectivity index (χ0) is 18.5. The summed E-state index contributed by atoms with van der Waals surface area (Å²) in [4.78, 5) is 14.2. The number of halogens is 2. The van der Waals surface area contributed by atoms with E-state index in [1.807, 2.05) is 0 Å². The Morgan fingerprint density at radius 1 is 1.19 bits per heavy atom. The molecule has 0 aromatic heterocycles. The van der Waals surface area contributed by atoms with Crippen molar-refractivity contribution in [2.75, 3.05) is 20.2 Å². The SMILES string of the molecule is CN(CC1CCCCO1)C(=O)c1ccc(Oc2ccc(F)cc2F)cc1. The molecule has 0 saturated carbocycles. The summed E-state index contributed by atoms with van der Waals surface area (Å²) in [5.41, 5.74) is 0.509. The Bertz CT molecular complexity index is 758. The fourth-order valence-corrected chi connectivity index (χ4v) is 2.91. The highest BCUT2D eigenvalue weighted by Gasteiger charge is 2.19. The van der Waals surface area contributed by atoms with Crippen LogP contribution in [-0.2, 0) is 4.74 Å². The molecule has 0 N–H and O–H groups in total. The number of amides is 1. The molecule has 1 unspecified atom stereocenters. The first-order valence-electron chi connectivity index (χ1n) is 8.63. The van der Waals surface area contributed by atoms with Crippen molar-refractivity contribution in [3.63, 3.8) is 0 Å². The quantitative estimate of drug-likeness (QED) is 0.792. The molecule has 4 nitrogen and oxygen atoms in total. The Hall–Kier alpha value is -2.47. The summed E-state index contributed by atoms with van der Waals surface area (Å²) in [6.45, 7) is 1.30. The van der Waals surface area contributed by atoms with Crippen LogP contribution in [0, 0.1) is 11.6 Å². The molecule has 0 bridgehead atoms. The molecule has 0 spiro atoms. The standard InChI is InChI=1S/C20H21F2NO3/c1-23(13-17-4-2-3-11-25-17)20(24)14-5-8-16(9-6-14)26-19-10-7-15(21)12-18(19)22/h5-10,12,17H,2-4,11,13H2,1H3. The molecule has 1 saturated heterocycles. The Kier molecular flexibility index (Phi) is 5.83. The second-order valence-corrected chi connectivity index (χ2v) is 6.38. The Balaban J connectivity index is 1.61. The second kappa shape index (κ2) is 8.27. The van der Waals surface area contributed by atoms with Crippen LogP contribution in [0.1, 0.15) is 29.6 Å². The molecular weight excluding hydrogens is 340 g/mol. The summed E-state index contributed by atoms with van der Waals surface area (Å²) in [5, 5.41) is 0. The van der Waals surface area contributed by atoms with E-state index in [0.29, 0.717) is 17.9 Å². The van der Waals surface area contributed by atoms with Gasteiger partial charge in [-0.05, 0) is 55.7 Å². The molecule has 1 fully saturated rings. The first-order valence-corrected chi connectivity index (χ1v) is 8.63. The van der Waals surface area contributed by atoms with Gasteiger partial charge in [0.2, 0.25) is 0 Å². The molecule has 2 aromatic rings. The lowest BCUT2D eigenvalue weighted by Gasteiger charge is -2.27. The van der Waals surface area contributed by atoms with Gasteiger partial charge in [0.25, 0.3) is 5.91 Å². The molecule has 138 valence electrons. The number of hydrogen-bond acceptors (Lipinski definition) is 3. The van der Waals surface area contributed by atoms with Crippen molar-refractivity contribution in [1.82, 2.24) is 4.90 Å². The number of nitrogens with zero attached hydrogens (tertiary/aromatic N) is 1. The number of rotatable bonds is 5. The summed E-state index contributed by atoms with van der Waals surface area (Å²) in [6.07, 6.45) is 3.25. The van der Waals surface area contributed by atoms with Gasteiger partial charge in [0, 0.05) is 31.8 Å². The zero-order valence-corrected chi connectivity index (χ0v) is 14.6. The van der Waals surface area contributed by atoms with Crippen molar-refractivity contribution in [2.24, 2.45) is 0 Å². The summed E-state index contributed by atoms with van der Waals surface area (Å²) in [5.74, 6) is -1.26. The fraction of sp³-hybridized carbons (Fsp3) is 0.350. The Morgan fingerprint density at radius 2 is 1.96 bits per heavy atom. The molecule has 1 amide bonds.